The molecule has 0 atom stereocenters. The lowest BCUT2D eigenvalue weighted by Gasteiger charge is -2.15. The van der Waals surface area contributed by atoms with Crippen molar-refractivity contribution >= 4 is 29.3 Å². The van der Waals surface area contributed by atoms with Crippen LogP contribution >= 0.6 is 0 Å². The molecule has 0 unspecified atom stereocenters. The maximum atomic E-state index is 12.3. The second kappa shape index (κ2) is 10.4. The van der Waals surface area contributed by atoms with E-state index in [4.69, 9.17) is 0 Å². The van der Waals surface area contributed by atoms with Crippen molar-refractivity contribution in [2.45, 2.75) is 26.3 Å². The van der Waals surface area contributed by atoms with Crippen LogP contribution in [0.2, 0.25) is 0 Å². The zero-order valence-corrected chi connectivity index (χ0v) is 17.4. The summed E-state index contributed by atoms with van der Waals surface area (Å²) in [4.78, 5) is 49.8. The number of anilines is 1. The van der Waals surface area contributed by atoms with E-state index in [9.17, 15) is 19.2 Å². The van der Waals surface area contributed by atoms with Gasteiger partial charge in [0.2, 0.25) is 11.8 Å². The van der Waals surface area contributed by atoms with E-state index in [-0.39, 0.29) is 36.7 Å². The van der Waals surface area contributed by atoms with Gasteiger partial charge in [-0.05, 0) is 55.3 Å². The molecule has 2 aromatic rings. The predicted molar refractivity (Wildman–Crippen MR) is 117 cm³/mol. The molecule has 1 aliphatic heterocycles. The first-order valence-corrected chi connectivity index (χ1v) is 10.3. The van der Waals surface area contributed by atoms with Crippen molar-refractivity contribution in [3.05, 3.63) is 65.2 Å². The van der Waals surface area contributed by atoms with Crippen LogP contribution in [0.15, 0.2) is 48.5 Å². The zero-order chi connectivity index (χ0) is 22.2. The van der Waals surface area contributed by atoms with Crippen LogP contribution in [0, 0.1) is 0 Å². The number of carbonyl (C=O) groups is 4. The van der Waals surface area contributed by atoms with Gasteiger partial charge in [0.15, 0.2) is 0 Å². The summed E-state index contributed by atoms with van der Waals surface area (Å²) in [6.07, 6.45) is 1.39. The first-order valence-electron chi connectivity index (χ1n) is 10.3. The standard InChI is InChI=1S/C23H26N4O4/c1-2-24-23(31)18-6-3-5-16(13-18)14-25-20(28)15-26-22(30)17-8-10-19(11-9-17)27-12-4-7-21(27)29/h3,5-6,8-11,13H,2,4,7,12,14-15H2,1H3,(H,24,31)(H,25,28)(H,26,30). The third-order valence-electron chi connectivity index (χ3n) is 4.94. The van der Waals surface area contributed by atoms with E-state index >= 15 is 0 Å². The molecule has 4 amide bonds. The average molecular weight is 422 g/mol. The smallest absolute Gasteiger partial charge is 0.251 e. The molecule has 0 radical (unpaired) electrons. The van der Waals surface area contributed by atoms with Gasteiger partial charge in [0, 0.05) is 42.9 Å². The van der Waals surface area contributed by atoms with Crippen LogP contribution in [-0.4, -0.2) is 43.3 Å². The van der Waals surface area contributed by atoms with E-state index in [1.165, 1.54) is 0 Å². The number of amides is 4. The average Bonchev–Trinajstić information content (AvgIpc) is 3.22. The Kier molecular flexibility index (Phi) is 7.37. The third kappa shape index (κ3) is 5.91. The minimum absolute atomic E-state index is 0.0883. The van der Waals surface area contributed by atoms with E-state index in [0.717, 1.165) is 17.7 Å². The monoisotopic (exact) mass is 422 g/mol. The van der Waals surface area contributed by atoms with E-state index in [1.54, 1.807) is 47.4 Å². The van der Waals surface area contributed by atoms with Crippen LogP contribution in [-0.2, 0) is 16.1 Å². The lowest BCUT2D eigenvalue weighted by molar-refractivity contribution is -0.120. The van der Waals surface area contributed by atoms with Crippen LogP contribution < -0.4 is 20.9 Å². The first kappa shape index (κ1) is 22.0. The maximum absolute atomic E-state index is 12.3. The zero-order valence-electron chi connectivity index (χ0n) is 17.4. The summed E-state index contributed by atoms with van der Waals surface area (Å²) in [6.45, 7) is 3.16. The van der Waals surface area contributed by atoms with Gasteiger partial charge < -0.3 is 20.9 Å². The Morgan fingerprint density at radius 2 is 1.68 bits per heavy atom. The third-order valence-corrected chi connectivity index (χ3v) is 4.94. The second-order valence-electron chi connectivity index (χ2n) is 7.22. The Bertz CT molecular complexity index is 972. The van der Waals surface area contributed by atoms with Gasteiger partial charge in [-0.1, -0.05) is 12.1 Å². The number of carbonyl (C=O) groups excluding carboxylic acids is 4. The second-order valence-corrected chi connectivity index (χ2v) is 7.22. The quantitative estimate of drug-likeness (QED) is 0.601. The van der Waals surface area contributed by atoms with Crippen LogP contribution in [0.25, 0.3) is 0 Å². The van der Waals surface area contributed by atoms with Crippen molar-refractivity contribution in [3.8, 4) is 0 Å². The van der Waals surface area contributed by atoms with Crippen LogP contribution in [0.3, 0.4) is 0 Å². The number of benzene rings is 2. The normalized spacial score (nSPS) is 13.1. The molecule has 162 valence electrons. The summed E-state index contributed by atoms with van der Waals surface area (Å²) < 4.78 is 0. The van der Waals surface area contributed by atoms with Gasteiger partial charge in [0.25, 0.3) is 11.8 Å². The number of rotatable bonds is 8. The van der Waals surface area contributed by atoms with E-state index in [0.29, 0.717) is 30.6 Å². The molecule has 8 heteroatoms. The van der Waals surface area contributed by atoms with Crippen LogP contribution in [0.1, 0.15) is 46.0 Å². The van der Waals surface area contributed by atoms with E-state index in [1.807, 2.05) is 13.0 Å². The van der Waals surface area contributed by atoms with Gasteiger partial charge in [-0.3, -0.25) is 19.2 Å². The van der Waals surface area contributed by atoms with Gasteiger partial charge in [-0.15, -0.1) is 0 Å². The van der Waals surface area contributed by atoms with Gasteiger partial charge in [0.1, 0.15) is 0 Å². The summed E-state index contributed by atoms with van der Waals surface area (Å²) in [7, 11) is 0. The molecule has 0 aromatic heterocycles. The molecule has 1 fully saturated rings. The molecule has 1 aliphatic rings. The Balaban J connectivity index is 1.46. The largest absolute Gasteiger partial charge is 0.352 e. The van der Waals surface area contributed by atoms with Gasteiger partial charge >= 0.3 is 0 Å². The van der Waals surface area contributed by atoms with Crippen LogP contribution in [0.5, 0.6) is 0 Å². The number of nitrogens with zero attached hydrogens (tertiary/aromatic N) is 1. The first-order chi connectivity index (χ1) is 15.0. The Morgan fingerprint density at radius 1 is 0.935 bits per heavy atom. The summed E-state index contributed by atoms with van der Waals surface area (Å²) in [5, 5.41) is 8.04. The number of nitrogens with one attached hydrogen (secondary N) is 3. The van der Waals surface area contributed by atoms with E-state index in [2.05, 4.69) is 16.0 Å². The topological polar surface area (TPSA) is 108 Å². The highest BCUT2D eigenvalue weighted by Gasteiger charge is 2.21. The maximum Gasteiger partial charge on any atom is 0.251 e. The fourth-order valence-electron chi connectivity index (χ4n) is 3.32. The molecule has 31 heavy (non-hydrogen) atoms. The lowest BCUT2D eigenvalue weighted by Crippen LogP contribution is -2.36. The summed E-state index contributed by atoms with van der Waals surface area (Å²) >= 11 is 0. The molecular formula is C23H26N4O4. The fraction of sp³-hybridized carbons (Fsp3) is 0.304. The Hall–Kier alpha value is -3.68. The van der Waals surface area contributed by atoms with E-state index < -0.39 is 0 Å². The SMILES string of the molecule is CCNC(=O)c1cccc(CNC(=O)CNC(=O)c2ccc(N3CCCC3=O)cc2)c1. The number of hydrogen-bond donors (Lipinski definition) is 3. The highest BCUT2D eigenvalue weighted by Crippen LogP contribution is 2.21. The molecule has 1 saturated heterocycles. The molecular weight excluding hydrogens is 396 g/mol. The predicted octanol–water partition coefficient (Wildman–Crippen LogP) is 1.61. The minimum atomic E-state index is -0.368. The van der Waals surface area contributed by atoms with Gasteiger partial charge in [-0.25, -0.2) is 0 Å². The number of hydrogen-bond acceptors (Lipinski definition) is 4. The molecule has 8 nitrogen and oxygen atoms in total. The van der Waals surface area contributed by atoms with Gasteiger partial charge in [0.05, 0.1) is 6.54 Å². The summed E-state index contributed by atoms with van der Waals surface area (Å²) in [5.41, 5.74) is 2.50. The van der Waals surface area contributed by atoms with Crippen molar-refractivity contribution in [3.63, 3.8) is 0 Å². The van der Waals surface area contributed by atoms with Crippen molar-refractivity contribution in [1.82, 2.24) is 16.0 Å². The minimum Gasteiger partial charge on any atom is -0.352 e. The van der Waals surface area contributed by atoms with Crippen LogP contribution in [0.4, 0.5) is 5.69 Å². The van der Waals surface area contributed by atoms with Gasteiger partial charge in [-0.2, -0.15) is 0 Å². The van der Waals surface area contributed by atoms with Crippen molar-refractivity contribution in [2.75, 3.05) is 24.5 Å². The lowest BCUT2D eigenvalue weighted by atomic mass is 10.1. The molecule has 0 spiro atoms. The summed E-state index contributed by atoms with van der Waals surface area (Å²) in [5.74, 6) is -0.780. The van der Waals surface area contributed by atoms with Crippen molar-refractivity contribution in [1.29, 1.82) is 0 Å². The summed E-state index contributed by atoms with van der Waals surface area (Å²) in [6, 6.07) is 13.8. The molecule has 2 aromatic carbocycles. The molecule has 0 aliphatic carbocycles. The highest BCUT2D eigenvalue weighted by atomic mass is 16.2. The molecule has 0 bridgehead atoms. The molecule has 0 saturated carbocycles. The molecule has 3 N–H and O–H groups in total. The molecule has 1 heterocycles. The molecule has 3 rings (SSSR count). The highest BCUT2D eigenvalue weighted by molar-refractivity contribution is 5.98. The fourth-order valence-corrected chi connectivity index (χ4v) is 3.32. The Morgan fingerprint density at radius 3 is 2.35 bits per heavy atom. The van der Waals surface area contributed by atoms with Crippen molar-refractivity contribution in [2.24, 2.45) is 0 Å². The Labute approximate surface area is 181 Å². The van der Waals surface area contributed by atoms with Crippen molar-refractivity contribution < 1.29 is 19.2 Å².